The molecule has 0 aromatic rings. The van der Waals surface area contributed by atoms with Gasteiger partial charge in [-0.25, -0.2) is 0 Å². The molecule has 3 heteroatoms. The number of hydrogen-bond acceptors (Lipinski definition) is 2. The number of methoxy groups -OCH3 is 1. The lowest BCUT2D eigenvalue weighted by Gasteiger charge is -2.28. The Labute approximate surface area is 79.2 Å². The predicted molar refractivity (Wildman–Crippen MR) is 49.7 cm³/mol. The van der Waals surface area contributed by atoms with Crippen molar-refractivity contribution in [2.24, 2.45) is 5.41 Å². The molecule has 0 aliphatic carbocycles. The van der Waals surface area contributed by atoms with E-state index >= 15 is 0 Å². The van der Waals surface area contributed by atoms with Crippen LogP contribution in [0.5, 0.6) is 0 Å². The molecule has 0 amide bonds. The normalized spacial score (nSPS) is 42.0. The van der Waals surface area contributed by atoms with Crippen molar-refractivity contribution in [2.45, 2.75) is 32.5 Å². The third kappa shape index (κ3) is 1.76. The summed E-state index contributed by atoms with van der Waals surface area (Å²) in [5.74, 6) is 0.617. The first kappa shape index (κ1) is 10.3. The topological polar surface area (TPSA) is 18.5 Å². The second kappa shape index (κ2) is 3.95. The molecule has 3 unspecified atom stereocenters. The third-order valence-electron chi connectivity index (χ3n) is 2.69. The monoisotopic (exact) mass is 192 g/mol. The van der Waals surface area contributed by atoms with Crippen LogP contribution >= 0.6 is 11.6 Å². The summed E-state index contributed by atoms with van der Waals surface area (Å²) in [6, 6.07) is 0. The van der Waals surface area contributed by atoms with Gasteiger partial charge in [-0.1, -0.05) is 0 Å². The molecule has 0 saturated carbocycles. The Kier molecular flexibility index (Phi) is 3.38. The fourth-order valence-corrected chi connectivity index (χ4v) is 2.35. The van der Waals surface area contributed by atoms with Crippen LogP contribution in [0, 0.1) is 5.41 Å². The highest BCUT2D eigenvalue weighted by molar-refractivity contribution is 6.18. The first-order valence-corrected chi connectivity index (χ1v) is 4.88. The Morgan fingerprint density at radius 1 is 1.58 bits per heavy atom. The van der Waals surface area contributed by atoms with E-state index in [-0.39, 0.29) is 11.5 Å². The molecular weight excluding hydrogens is 176 g/mol. The van der Waals surface area contributed by atoms with Crippen LogP contribution in [0.1, 0.15) is 20.3 Å². The highest BCUT2D eigenvalue weighted by Gasteiger charge is 2.44. The van der Waals surface area contributed by atoms with Gasteiger partial charge in [0.1, 0.15) is 0 Å². The molecule has 0 N–H and O–H groups in total. The molecule has 3 atom stereocenters. The second-order valence-electron chi connectivity index (χ2n) is 3.72. The SMILES string of the molecule is COCC1(CCl)CC(C)OC1C. The zero-order valence-corrected chi connectivity index (χ0v) is 8.73. The lowest BCUT2D eigenvalue weighted by Crippen LogP contribution is -2.35. The van der Waals surface area contributed by atoms with Gasteiger partial charge in [0.05, 0.1) is 18.8 Å². The summed E-state index contributed by atoms with van der Waals surface area (Å²) in [5.41, 5.74) is 0.0374. The number of hydrogen-bond donors (Lipinski definition) is 0. The summed E-state index contributed by atoms with van der Waals surface area (Å²) in [6.45, 7) is 4.85. The fraction of sp³-hybridized carbons (Fsp3) is 1.00. The second-order valence-corrected chi connectivity index (χ2v) is 3.99. The Morgan fingerprint density at radius 3 is 2.58 bits per heavy atom. The van der Waals surface area contributed by atoms with Gasteiger partial charge in [-0.3, -0.25) is 0 Å². The van der Waals surface area contributed by atoms with Gasteiger partial charge < -0.3 is 9.47 Å². The summed E-state index contributed by atoms with van der Waals surface area (Å²) >= 11 is 5.94. The van der Waals surface area contributed by atoms with E-state index in [4.69, 9.17) is 21.1 Å². The van der Waals surface area contributed by atoms with Crippen molar-refractivity contribution in [1.29, 1.82) is 0 Å². The molecule has 12 heavy (non-hydrogen) atoms. The van der Waals surface area contributed by atoms with Gasteiger partial charge in [0, 0.05) is 18.4 Å². The average molecular weight is 193 g/mol. The molecule has 0 spiro atoms. The fourth-order valence-electron chi connectivity index (χ4n) is 1.94. The molecule has 0 aromatic heterocycles. The van der Waals surface area contributed by atoms with Crippen molar-refractivity contribution in [3.63, 3.8) is 0 Å². The lowest BCUT2D eigenvalue weighted by atomic mass is 9.83. The van der Waals surface area contributed by atoms with Crippen LogP contribution in [0.3, 0.4) is 0 Å². The number of alkyl halides is 1. The minimum atomic E-state index is 0.0374. The molecule has 0 aromatic carbocycles. The first-order valence-electron chi connectivity index (χ1n) is 4.35. The molecular formula is C9H17ClO2. The third-order valence-corrected chi connectivity index (χ3v) is 3.22. The summed E-state index contributed by atoms with van der Waals surface area (Å²) in [4.78, 5) is 0. The van der Waals surface area contributed by atoms with Crippen LogP contribution in [0.15, 0.2) is 0 Å². The molecule has 0 radical (unpaired) electrons. The lowest BCUT2D eigenvalue weighted by molar-refractivity contribution is 0.00713. The highest BCUT2D eigenvalue weighted by Crippen LogP contribution is 2.39. The van der Waals surface area contributed by atoms with Crippen molar-refractivity contribution < 1.29 is 9.47 Å². The van der Waals surface area contributed by atoms with E-state index < -0.39 is 0 Å². The zero-order chi connectivity index (χ0) is 9.19. The largest absolute Gasteiger partial charge is 0.384 e. The van der Waals surface area contributed by atoms with Gasteiger partial charge in [0.25, 0.3) is 0 Å². The van der Waals surface area contributed by atoms with Crippen LogP contribution in [0.4, 0.5) is 0 Å². The van der Waals surface area contributed by atoms with Gasteiger partial charge >= 0.3 is 0 Å². The number of halogens is 1. The van der Waals surface area contributed by atoms with E-state index in [1.807, 2.05) is 0 Å². The first-order chi connectivity index (χ1) is 5.64. The van der Waals surface area contributed by atoms with Gasteiger partial charge in [-0.15, -0.1) is 11.6 Å². The smallest absolute Gasteiger partial charge is 0.0641 e. The van der Waals surface area contributed by atoms with E-state index in [0.29, 0.717) is 18.6 Å². The maximum absolute atomic E-state index is 5.94. The minimum Gasteiger partial charge on any atom is -0.384 e. The Balaban J connectivity index is 2.65. The summed E-state index contributed by atoms with van der Waals surface area (Å²) in [6.07, 6.45) is 1.53. The molecule has 1 aliphatic heterocycles. The van der Waals surface area contributed by atoms with Crippen molar-refractivity contribution in [3.8, 4) is 0 Å². The Morgan fingerprint density at radius 2 is 2.25 bits per heavy atom. The number of ether oxygens (including phenoxy) is 2. The summed E-state index contributed by atoms with van der Waals surface area (Å²) in [7, 11) is 1.71. The molecule has 1 heterocycles. The molecule has 1 saturated heterocycles. The van der Waals surface area contributed by atoms with Crippen LogP contribution in [-0.4, -0.2) is 31.8 Å². The van der Waals surface area contributed by atoms with Gasteiger partial charge in [0.2, 0.25) is 0 Å². The highest BCUT2D eigenvalue weighted by atomic mass is 35.5. The standard InChI is InChI=1S/C9H17ClO2/c1-7-4-9(5-10,6-11-3)8(2)12-7/h7-8H,4-6H2,1-3H3. The van der Waals surface area contributed by atoms with Crippen molar-refractivity contribution in [3.05, 3.63) is 0 Å². The van der Waals surface area contributed by atoms with E-state index in [2.05, 4.69) is 13.8 Å². The quantitative estimate of drug-likeness (QED) is 0.638. The molecule has 1 fully saturated rings. The molecule has 1 rings (SSSR count). The molecule has 1 aliphatic rings. The Bertz CT molecular complexity index is 151. The van der Waals surface area contributed by atoms with Gasteiger partial charge in [0.15, 0.2) is 0 Å². The van der Waals surface area contributed by atoms with Crippen molar-refractivity contribution >= 4 is 11.6 Å². The Hall–Kier alpha value is 0.210. The molecule has 2 nitrogen and oxygen atoms in total. The van der Waals surface area contributed by atoms with Crippen LogP contribution < -0.4 is 0 Å². The number of rotatable bonds is 3. The summed E-state index contributed by atoms with van der Waals surface area (Å²) < 4.78 is 10.8. The summed E-state index contributed by atoms with van der Waals surface area (Å²) in [5, 5.41) is 0. The van der Waals surface area contributed by atoms with Gasteiger partial charge in [-0.2, -0.15) is 0 Å². The van der Waals surface area contributed by atoms with Gasteiger partial charge in [-0.05, 0) is 20.3 Å². The van der Waals surface area contributed by atoms with E-state index in [1.54, 1.807) is 7.11 Å². The maximum atomic E-state index is 5.94. The maximum Gasteiger partial charge on any atom is 0.0641 e. The minimum absolute atomic E-state index is 0.0374. The van der Waals surface area contributed by atoms with E-state index in [0.717, 1.165) is 6.42 Å². The molecule has 72 valence electrons. The van der Waals surface area contributed by atoms with Crippen LogP contribution in [0.25, 0.3) is 0 Å². The molecule has 0 bridgehead atoms. The van der Waals surface area contributed by atoms with Crippen LogP contribution in [-0.2, 0) is 9.47 Å². The zero-order valence-electron chi connectivity index (χ0n) is 7.97. The van der Waals surface area contributed by atoms with Crippen molar-refractivity contribution in [2.75, 3.05) is 19.6 Å². The van der Waals surface area contributed by atoms with E-state index in [9.17, 15) is 0 Å². The van der Waals surface area contributed by atoms with E-state index in [1.165, 1.54) is 0 Å². The van der Waals surface area contributed by atoms with Crippen molar-refractivity contribution in [1.82, 2.24) is 0 Å². The van der Waals surface area contributed by atoms with Crippen LogP contribution in [0.2, 0.25) is 0 Å². The average Bonchev–Trinajstić information content (AvgIpc) is 2.28. The predicted octanol–water partition coefficient (Wildman–Crippen LogP) is 2.06.